The van der Waals surface area contributed by atoms with E-state index in [1.165, 1.54) is 30.5 Å². The van der Waals surface area contributed by atoms with Crippen LogP contribution in [0.3, 0.4) is 0 Å². The number of hydrogen-bond donors (Lipinski definition) is 0. The average molecular weight is 317 g/mol. The van der Waals surface area contributed by atoms with E-state index in [-0.39, 0.29) is 10.7 Å². The van der Waals surface area contributed by atoms with Crippen molar-refractivity contribution in [2.75, 3.05) is 6.26 Å². The van der Waals surface area contributed by atoms with E-state index in [9.17, 15) is 12.8 Å². The van der Waals surface area contributed by atoms with Crippen LogP contribution in [-0.4, -0.2) is 19.7 Å². The van der Waals surface area contributed by atoms with Crippen molar-refractivity contribution in [1.82, 2.24) is 4.98 Å². The Hall–Kier alpha value is -2.47. The lowest BCUT2D eigenvalue weighted by Crippen LogP contribution is -1.96. The van der Waals surface area contributed by atoms with Crippen molar-refractivity contribution < 1.29 is 17.2 Å². The van der Waals surface area contributed by atoms with Crippen molar-refractivity contribution in [2.24, 2.45) is 0 Å². The molecule has 0 aliphatic rings. The lowest BCUT2D eigenvalue weighted by molar-refractivity contribution is 0.574. The molecule has 112 valence electrons. The van der Waals surface area contributed by atoms with E-state index in [0.717, 1.165) is 11.8 Å². The van der Waals surface area contributed by atoms with Crippen molar-refractivity contribution in [1.29, 1.82) is 0 Å². The molecule has 1 aromatic heterocycles. The molecule has 3 rings (SSSR count). The number of sulfone groups is 1. The maximum absolute atomic E-state index is 12.9. The monoisotopic (exact) mass is 317 g/mol. The van der Waals surface area contributed by atoms with Crippen molar-refractivity contribution >= 4 is 9.84 Å². The number of rotatable bonds is 3. The van der Waals surface area contributed by atoms with Crippen molar-refractivity contribution in [2.45, 2.75) is 4.90 Å². The maximum atomic E-state index is 12.9. The first-order chi connectivity index (χ1) is 10.4. The summed E-state index contributed by atoms with van der Waals surface area (Å²) < 4.78 is 41.2. The molecule has 0 radical (unpaired) electrons. The van der Waals surface area contributed by atoms with Crippen LogP contribution in [0.1, 0.15) is 0 Å². The molecule has 3 aromatic rings. The molecule has 6 heteroatoms. The smallest absolute Gasteiger partial charge is 0.226 e. The van der Waals surface area contributed by atoms with Crippen molar-refractivity contribution in [3.8, 4) is 22.7 Å². The Morgan fingerprint density at radius 1 is 0.955 bits per heavy atom. The molecule has 4 nitrogen and oxygen atoms in total. The van der Waals surface area contributed by atoms with Crippen LogP contribution >= 0.6 is 0 Å². The number of aromatic nitrogens is 1. The lowest BCUT2D eigenvalue weighted by atomic mass is 10.2. The Labute approximate surface area is 127 Å². The van der Waals surface area contributed by atoms with Crippen LogP contribution in [0.25, 0.3) is 22.7 Å². The molecule has 0 atom stereocenters. The summed E-state index contributed by atoms with van der Waals surface area (Å²) in [6, 6.07) is 12.2. The van der Waals surface area contributed by atoms with Gasteiger partial charge in [-0.15, -0.1) is 0 Å². The summed E-state index contributed by atoms with van der Waals surface area (Å²) >= 11 is 0. The summed E-state index contributed by atoms with van der Waals surface area (Å²) in [5.41, 5.74) is 1.99. The third kappa shape index (κ3) is 2.92. The minimum atomic E-state index is -3.22. The Balaban J connectivity index is 1.92. The number of halogens is 1. The fourth-order valence-corrected chi connectivity index (χ4v) is 2.63. The van der Waals surface area contributed by atoms with Crippen LogP contribution in [-0.2, 0) is 9.84 Å². The van der Waals surface area contributed by atoms with Crippen LogP contribution in [0.5, 0.6) is 0 Å². The lowest BCUT2D eigenvalue weighted by Gasteiger charge is -1.99. The van der Waals surface area contributed by atoms with E-state index in [4.69, 9.17) is 4.42 Å². The van der Waals surface area contributed by atoms with Gasteiger partial charge in [-0.3, -0.25) is 0 Å². The van der Waals surface area contributed by atoms with Crippen LogP contribution < -0.4 is 0 Å². The first kappa shape index (κ1) is 14.5. The Bertz CT molecular complexity index is 897. The maximum Gasteiger partial charge on any atom is 0.226 e. The second kappa shape index (κ2) is 5.38. The van der Waals surface area contributed by atoms with Gasteiger partial charge in [0.15, 0.2) is 9.84 Å². The number of benzene rings is 2. The first-order valence-corrected chi connectivity index (χ1v) is 8.34. The van der Waals surface area contributed by atoms with E-state index in [1.54, 1.807) is 24.3 Å². The van der Waals surface area contributed by atoms with Gasteiger partial charge in [0.25, 0.3) is 0 Å². The summed E-state index contributed by atoms with van der Waals surface area (Å²) in [5, 5.41) is 0. The van der Waals surface area contributed by atoms with Crippen molar-refractivity contribution in [3.05, 3.63) is 60.6 Å². The average Bonchev–Trinajstić information content (AvgIpc) is 2.97. The predicted octanol–water partition coefficient (Wildman–Crippen LogP) is 3.55. The highest BCUT2D eigenvalue weighted by Crippen LogP contribution is 2.25. The van der Waals surface area contributed by atoms with Gasteiger partial charge in [-0.05, 0) is 36.4 Å². The van der Waals surface area contributed by atoms with Gasteiger partial charge in [0.2, 0.25) is 5.89 Å². The van der Waals surface area contributed by atoms with E-state index in [1.807, 2.05) is 0 Å². The molecule has 0 aliphatic carbocycles. The summed E-state index contributed by atoms with van der Waals surface area (Å²) in [7, 11) is -3.22. The topological polar surface area (TPSA) is 60.2 Å². The number of hydrogen-bond acceptors (Lipinski definition) is 4. The van der Waals surface area contributed by atoms with Crippen molar-refractivity contribution in [3.63, 3.8) is 0 Å². The molecule has 0 N–H and O–H groups in total. The van der Waals surface area contributed by atoms with Gasteiger partial charge in [0, 0.05) is 17.4 Å². The Morgan fingerprint density at radius 3 is 2.14 bits per heavy atom. The van der Waals surface area contributed by atoms with Gasteiger partial charge in [0.1, 0.15) is 17.8 Å². The Morgan fingerprint density at radius 2 is 1.55 bits per heavy atom. The third-order valence-corrected chi connectivity index (χ3v) is 4.30. The van der Waals surface area contributed by atoms with Gasteiger partial charge in [0.05, 0.1) is 4.90 Å². The molecule has 22 heavy (non-hydrogen) atoms. The quantitative estimate of drug-likeness (QED) is 0.741. The summed E-state index contributed by atoms with van der Waals surface area (Å²) in [5.74, 6) is 0.0501. The van der Waals surface area contributed by atoms with Crippen LogP contribution in [0.4, 0.5) is 4.39 Å². The second-order valence-corrected chi connectivity index (χ2v) is 6.86. The molecule has 1 heterocycles. The highest BCUT2D eigenvalue weighted by molar-refractivity contribution is 7.90. The Kier molecular flexibility index (Phi) is 3.54. The van der Waals surface area contributed by atoms with Crippen LogP contribution in [0.15, 0.2) is 64.1 Å². The van der Waals surface area contributed by atoms with Gasteiger partial charge >= 0.3 is 0 Å². The number of oxazole rings is 1. The third-order valence-electron chi connectivity index (χ3n) is 3.17. The minimum absolute atomic E-state index is 0.249. The zero-order chi connectivity index (χ0) is 15.7. The molecular formula is C16H12FNO3S. The molecular weight excluding hydrogens is 305 g/mol. The highest BCUT2D eigenvalue weighted by Gasteiger charge is 2.11. The highest BCUT2D eigenvalue weighted by atomic mass is 32.2. The zero-order valence-electron chi connectivity index (χ0n) is 11.7. The second-order valence-electron chi connectivity index (χ2n) is 4.84. The summed E-state index contributed by atoms with van der Waals surface area (Å²) in [6.45, 7) is 0. The van der Waals surface area contributed by atoms with E-state index >= 15 is 0 Å². The van der Waals surface area contributed by atoms with Gasteiger partial charge in [-0.1, -0.05) is 12.1 Å². The first-order valence-electron chi connectivity index (χ1n) is 6.45. The van der Waals surface area contributed by atoms with Gasteiger partial charge in [-0.25, -0.2) is 17.8 Å². The predicted molar refractivity (Wildman–Crippen MR) is 80.4 cm³/mol. The molecule has 0 amide bonds. The van der Waals surface area contributed by atoms with Crippen LogP contribution in [0.2, 0.25) is 0 Å². The largest absolute Gasteiger partial charge is 0.444 e. The molecule has 0 fully saturated rings. The van der Waals surface area contributed by atoms with Gasteiger partial charge < -0.3 is 4.42 Å². The fourth-order valence-electron chi connectivity index (χ4n) is 2.00. The minimum Gasteiger partial charge on any atom is -0.444 e. The standard InChI is InChI=1S/C16H12FNO3S/c1-22(19,20)14-8-4-11(5-9-14)15-10-21-16(18-15)12-2-6-13(17)7-3-12/h2-10H,1H3. The normalized spacial score (nSPS) is 11.5. The molecule has 0 bridgehead atoms. The molecule has 2 aromatic carbocycles. The molecule has 0 saturated heterocycles. The van der Waals surface area contributed by atoms with Crippen LogP contribution in [0, 0.1) is 5.82 Å². The molecule has 0 unspecified atom stereocenters. The molecule has 0 spiro atoms. The molecule has 0 aliphatic heterocycles. The molecule has 0 saturated carbocycles. The zero-order valence-corrected chi connectivity index (χ0v) is 12.5. The van der Waals surface area contributed by atoms with E-state index in [2.05, 4.69) is 4.98 Å². The number of nitrogens with zero attached hydrogens (tertiary/aromatic N) is 1. The fraction of sp³-hybridized carbons (Fsp3) is 0.0625. The SMILES string of the molecule is CS(=O)(=O)c1ccc(-c2coc(-c3ccc(F)cc3)n2)cc1. The van der Waals surface area contributed by atoms with E-state index in [0.29, 0.717) is 17.1 Å². The summed E-state index contributed by atoms with van der Waals surface area (Å²) in [4.78, 5) is 4.58. The van der Waals surface area contributed by atoms with E-state index < -0.39 is 9.84 Å². The van der Waals surface area contributed by atoms with Gasteiger partial charge in [-0.2, -0.15) is 0 Å². The summed E-state index contributed by atoms with van der Waals surface area (Å²) in [6.07, 6.45) is 2.64.